The second kappa shape index (κ2) is 4.65. The van der Waals surface area contributed by atoms with Crippen molar-refractivity contribution in [2.75, 3.05) is 0 Å². The Morgan fingerprint density at radius 2 is 1.79 bits per heavy atom. The van der Waals surface area contributed by atoms with Gasteiger partial charge in [-0.1, -0.05) is 41.6 Å². The summed E-state index contributed by atoms with van der Waals surface area (Å²) in [6, 6.07) is 15.2. The van der Waals surface area contributed by atoms with Gasteiger partial charge in [-0.05, 0) is 30.2 Å². The van der Waals surface area contributed by atoms with Crippen LogP contribution in [-0.4, -0.2) is 15.0 Å². The van der Waals surface area contributed by atoms with Crippen LogP contribution < -0.4 is 5.56 Å². The number of hydrogen-bond donors (Lipinski definition) is 0. The molecule has 0 radical (unpaired) electrons. The van der Waals surface area contributed by atoms with Crippen LogP contribution in [0.1, 0.15) is 11.1 Å². The topological polar surface area (TPSA) is 47.8 Å². The van der Waals surface area contributed by atoms with Gasteiger partial charge < -0.3 is 0 Å². The van der Waals surface area contributed by atoms with E-state index >= 15 is 0 Å². The van der Waals surface area contributed by atoms with Crippen LogP contribution in [0.2, 0.25) is 0 Å². The summed E-state index contributed by atoms with van der Waals surface area (Å²) in [7, 11) is 0. The predicted molar refractivity (Wildman–Crippen MR) is 74.1 cm³/mol. The molecule has 19 heavy (non-hydrogen) atoms. The quantitative estimate of drug-likeness (QED) is 0.701. The smallest absolute Gasteiger partial charge is 0.267 e. The number of aromatic nitrogens is 3. The van der Waals surface area contributed by atoms with E-state index in [0.717, 1.165) is 11.1 Å². The molecule has 0 bridgehead atoms. The van der Waals surface area contributed by atoms with E-state index in [-0.39, 0.29) is 5.56 Å². The molecule has 0 amide bonds. The highest BCUT2D eigenvalue weighted by Gasteiger charge is 2.06. The Morgan fingerprint density at radius 3 is 2.63 bits per heavy atom. The molecule has 0 aliphatic heterocycles. The number of benzene rings is 2. The van der Waals surface area contributed by atoms with Crippen molar-refractivity contribution in [3.8, 4) is 0 Å². The van der Waals surface area contributed by atoms with Crippen LogP contribution in [0.25, 0.3) is 10.9 Å². The van der Waals surface area contributed by atoms with Crippen LogP contribution in [0.15, 0.2) is 53.3 Å². The van der Waals surface area contributed by atoms with Gasteiger partial charge >= 0.3 is 0 Å². The summed E-state index contributed by atoms with van der Waals surface area (Å²) in [4.78, 5) is 12.3. The molecule has 0 N–H and O–H groups in total. The zero-order valence-electron chi connectivity index (χ0n) is 10.6. The van der Waals surface area contributed by atoms with Gasteiger partial charge in [-0.3, -0.25) is 4.79 Å². The maximum absolute atomic E-state index is 12.3. The summed E-state index contributed by atoms with van der Waals surface area (Å²) in [5, 5.41) is 8.68. The molecule has 4 heteroatoms. The van der Waals surface area contributed by atoms with Crippen molar-refractivity contribution in [2.45, 2.75) is 13.5 Å². The predicted octanol–water partition coefficient (Wildman–Crippen LogP) is 2.15. The van der Waals surface area contributed by atoms with Crippen molar-refractivity contribution < 1.29 is 0 Å². The van der Waals surface area contributed by atoms with Gasteiger partial charge in [0.05, 0.1) is 11.9 Å². The summed E-state index contributed by atoms with van der Waals surface area (Å²) < 4.78 is 1.41. The van der Waals surface area contributed by atoms with Crippen LogP contribution in [-0.2, 0) is 6.54 Å². The molecule has 94 valence electrons. The van der Waals surface area contributed by atoms with Crippen molar-refractivity contribution in [1.29, 1.82) is 0 Å². The van der Waals surface area contributed by atoms with Gasteiger partial charge in [0.2, 0.25) is 0 Å². The second-order valence-corrected chi connectivity index (χ2v) is 4.50. The summed E-state index contributed by atoms with van der Waals surface area (Å²) in [6.45, 7) is 2.47. The molecule has 1 aromatic heterocycles. The van der Waals surface area contributed by atoms with Crippen molar-refractivity contribution in [3.05, 3.63) is 70.0 Å². The minimum absolute atomic E-state index is 0.103. The van der Waals surface area contributed by atoms with E-state index in [2.05, 4.69) is 10.3 Å². The zero-order valence-corrected chi connectivity index (χ0v) is 10.6. The zero-order chi connectivity index (χ0) is 13.2. The first-order valence-electron chi connectivity index (χ1n) is 6.13. The molecule has 0 saturated heterocycles. The molecule has 3 rings (SSSR count). The van der Waals surface area contributed by atoms with E-state index in [1.165, 1.54) is 4.68 Å². The molecule has 4 nitrogen and oxygen atoms in total. The number of hydrogen-bond acceptors (Lipinski definition) is 3. The van der Waals surface area contributed by atoms with Crippen LogP contribution in [0.5, 0.6) is 0 Å². The molecule has 0 saturated carbocycles. The highest BCUT2D eigenvalue weighted by atomic mass is 16.1. The first-order valence-corrected chi connectivity index (χ1v) is 6.13. The third-order valence-electron chi connectivity index (χ3n) is 3.21. The fraction of sp³-hybridized carbons (Fsp3) is 0.133. The lowest BCUT2D eigenvalue weighted by Crippen LogP contribution is -2.25. The molecule has 1 heterocycles. The number of fused-ring (bicyclic) bond motifs is 1. The van der Waals surface area contributed by atoms with E-state index in [1.54, 1.807) is 12.1 Å². The third-order valence-corrected chi connectivity index (χ3v) is 3.21. The Bertz CT molecular complexity index is 792. The van der Waals surface area contributed by atoms with Crippen molar-refractivity contribution in [2.24, 2.45) is 0 Å². The molecule has 0 unspecified atom stereocenters. The average molecular weight is 251 g/mol. The fourth-order valence-electron chi connectivity index (χ4n) is 2.08. The van der Waals surface area contributed by atoms with E-state index in [4.69, 9.17) is 0 Å². The highest BCUT2D eigenvalue weighted by molar-refractivity contribution is 5.76. The Balaban J connectivity index is 2.10. The molecule has 0 atom stereocenters. The average Bonchev–Trinajstić information content (AvgIpc) is 2.44. The first-order chi connectivity index (χ1) is 9.25. The van der Waals surface area contributed by atoms with Crippen molar-refractivity contribution >= 4 is 10.9 Å². The minimum Gasteiger partial charge on any atom is -0.267 e. The van der Waals surface area contributed by atoms with Gasteiger partial charge in [0.1, 0.15) is 5.52 Å². The fourth-order valence-corrected chi connectivity index (χ4v) is 2.08. The molecule has 0 aliphatic rings. The second-order valence-electron chi connectivity index (χ2n) is 4.50. The van der Waals surface area contributed by atoms with Crippen LogP contribution >= 0.6 is 0 Å². The third kappa shape index (κ3) is 2.12. The minimum atomic E-state index is -0.103. The SMILES string of the molecule is Cc1ccccc1Cn1nnc2ccccc2c1=O. The summed E-state index contributed by atoms with van der Waals surface area (Å²) in [5.41, 5.74) is 2.75. The maximum Gasteiger partial charge on any atom is 0.277 e. The van der Waals surface area contributed by atoms with Gasteiger partial charge in [0.15, 0.2) is 0 Å². The Hall–Kier alpha value is -2.49. The van der Waals surface area contributed by atoms with Crippen molar-refractivity contribution in [3.63, 3.8) is 0 Å². The highest BCUT2D eigenvalue weighted by Crippen LogP contribution is 2.08. The lowest BCUT2D eigenvalue weighted by molar-refractivity contribution is 0.599. The number of nitrogens with zero attached hydrogens (tertiary/aromatic N) is 3. The monoisotopic (exact) mass is 251 g/mol. The van der Waals surface area contributed by atoms with Crippen molar-refractivity contribution in [1.82, 2.24) is 15.0 Å². The summed E-state index contributed by atoms with van der Waals surface area (Å²) in [5.74, 6) is 0. The Labute approximate surface area is 110 Å². The van der Waals surface area contributed by atoms with E-state index in [0.29, 0.717) is 17.4 Å². The summed E-state index contributed by atoms with van der Waals surface area (Å²) in [6.07, 6.45) is 0. The molecule has 0 fully saturated rings. The Kier molecular flexibility index (Phi) is 2.83. The number of aryl methyl sites for hydroxylation is 1. The lowest BCUT2D eigenvalue weighted by atomic mass is 10.1. The molecular formula is C15H13N3O. The normalized spacial score (nSPS) is 10.8. The maximum atomic E-state index is 12.3. The molecule has 0 spiro atoms. The van der Waals surface area contributed by atoms with E-state index in [1.807, 2.05) is 43.3 Å². The molecule has 3 aromatic rings. The van der Waals surface area contributed by atoms with Gasteiger partial charge in [-0.25, -0.2) is 4.68 Å². The summed E-state index contributed by atoms with van der Waals surface area (Å²) >= 11 is 0. The van der Waals surface area contributed by atoms with Gasteiger partial charge in [0.25, 0.3) is 5.56 Å². The molecular weight excluding hydrogens is 238 g/mol. The van der Waals surface area contributed by atoms with Crippen LogP contribution in [0.4, 0.5) is 0 Å². The van der Waals surface area contributed by atoms with E-state index in [9.17, 15) is 4.79 Å². The molecule has 0 aliphatic carbocycles. The largest absolute Gasteiger partial charge is 0.277 e. The van der Waals surface area contributed by atoms with Gasteiger partial charge in [-0.15, -0.1) is 5.10 Å². The Morgan fingerprint density at radius 1 is 1.05 bits per heavy atom. The number of rotatable bonds is 2. The van der Waals surface area contributed by atoms with Gasteiger partial charge in [-0.2, -0.15) is 0 Å². The van der Waals surface area contributed by atoms with E-state index < -0.39 is 0 Å². The van der Waals surface area contributed by atoms with Crippen LogP contribution in [0.3, 0.4) is 0 Å². The molecule has 2 aromatic carbocycles. The van der Waals surface area contributed by atoms with Gasteiger partial charge in [0, 0.05) is 0 Å². The lowest BCUT2D eigenvalue weighted by Gasteiger charge is -2.07. The first kappa shape index (κ1) is 11.6. The van der Waals surface area contributed by atoms with Crippen LogP contribution in [0, 0.1) is 6.92 Å². The standard InChI is InChI=1S/C15H13N3O/c1-11-6-2-3-7-12(11)10-18-15(19)13-8-4-5-9-14(13)16-17-18/h2-9H,10H2,1H3.